The molecule has 1 aliphatic heterocycles. The maximum absolute atomic E-state index is 12.3. The van der Waals surface area contributed by atoms with Crippen LogP contribution in [0.15, 0.2) is 36.7 Å². The molecule has 1 saturated heterocycles. The number of nitrogens with zero attached hydrogens (tertiary/aromatic N) is 4. The average molecular weight is 299 g/mol. The summed E-state index contributed by atoms with van der Waals surface area (Å²) in [6.45, 7) is 3.31. The second-order valence-electron chi connectivity index (χ2n) is 5.65. The molecule has 1 aliphatic rings. The van der Waals surface area contributed by atoms with Crippen LogP contribution in [0.25, 0.3) is 5.69 Å². The minimum Gasteiger partial charge on any atom is -0.331 e. The number of nitrogens with one attached hydrogen (secondary N) is 1. The molecule has 6 nitrogen and oxygen atoms in total. The SMILES string of the molecule is CC1CCCCN1C(=O)NCc1nncn1-c1ccccc1. The lowest BCUT2D eigenvalue weighted by atomic mass is 10.0. The van der Waals surface area contributed by atoms with Crippen LogP contribution in [0.1, 0.15) is 32.0 Å². The molecule has 2 aromatic rings. The fraction of sp³-hybridized carbons (Fsp3) is 0.438. The van der Waals surface area contributed by atoms with Crippen molar-refractivity contribution in [1.82, 2.24) is 25.0 Å². The Morgan fingerprint density at radius 3 is 2.91 bits per heavy atom. The lowest BCUT2D eigenvalue weighted by Gasteiger charge is -2.33. The van der Waals surface area contributed by atoms with Gasteiger partial charge in [-0.3, -0.25) is 4.57 Å². The van der Waals surface area contributed by atoms with Gasteiger partial charge < -0.3 is 10.2 Å². The number of aromatic nitrogens is 3. The Bertz CT molecular complexity index is 624. The van der Waals surface area contributed by atoms with Gasteiger partial charge in [0.1, 0.15) is 6.33 Å². The van der Waals surface area contributed by atoms with Gasteiger partial charge in [-0.2, -0.15) is 0 Å². The number of urea groups is 1. The number of hydrogen-bond acceptors (Lipinski definition) is 3. The number of likely N-dealkylation sites (tertiary alicyclic amines) is 1. The van der Waals surface area contributed by atoms with Gasteiger partial charge in [-0.15, -0.1) is 10.2 Å². The van der Waals surface area contributed by atoms with Crippen LogP contribution in [0, 0.1) is 0 Å². The predicted molar refractivity (Wildman–Crippen MR) is 83.6 cm³/mol. The summed E-state index contributed by atoms with van der Waals surface area (Å²) in [5, 5.41) is 11.0. The topological polar surface area (TPSA) is 63.1 Å². The normalized spacial score (nSPS) is 18.2. The van der Waals surface area contributed by atoms with Crippen molar-refractivity contribution in [2.24, 2.45) is 0 Å². The summed E-state index contributed by atoms with van der Waals surface area (Å²) in [6, 6.07) is 10.2. The second-order valence-corrected chi connectivity index (χ2v) is 5.65. The molecular weight excluding hydrogens is 278 g/mol. The Morgan fingerprint density at radius 1 is 1.32 bits per heavy atom. The minimum atomic E-state index is -0.0187. The van der Waals surface area contributed by atoms with Crippen molar-refractivity contribution in [3.63, 3.8) is 0 Å². The van der Waals surface area contributed by atoms with E-state index in [1.165, 1.54) is 6.42 Å². The molecule has 2 heterocycles. The van der Waals surface area contributed by atoms with E-state index in [9.17, 15) is 4.79 Å². The van der Waals surface area contributed by atoms with Crippen molar-refractivity contribution in [2.75, 3.05) is 6.54 Å². The summed E-state index contributed by atoms with van der Waals surface area (Å²) in [5.74, 6) is 0.726. The van der Waals surface area contributed by atoms with Gasteiger partial charge in [0.15, 0.2) is 5.82 Å². The molecule has 1 aromatic carbocycles. The van der Waals surface area contributed by atoms with Crippen LogP contribution in [-0.2, 0) is 6.54 Å². The molecule has 0 spiro atoms. The summed E-state index contributed by atoms with van der Waals surface area (Å²) in [4.78, 5) is 14.2. The second kappa shape index (κ2) is 6.60. The van der Waals surface area contributed by atoms with Crippen molar-refractivity contribution in [1.29, 1.82) is 0 Å². The first-order chi connectivity index (χ1) is 10.8. The molecule has 0 radical (unpaired) electrons. The highest BCUT2D eigenvalue weighted by atomic mass is 16.2. The molecule has 22 heavy (non-hydrogen) atoms. The van der Waals surface area contributed by atoms with Gasteiger partial charge in [0.2, 0.25) is 0 Å². The van der Waals surface area contributed by atoms with Gasteiger partial charge in [0.05, 0.1) is 6.54 Å². The van der Waals surface area contributed by atoms with Crippen LogP contribution < -0.4 is 5.32 Å². The standard InChI is InChI=1S/C16H21N5O/c1-13-7-5-6-10-20(13)16(22)17-11-15-19-18-12-21(15)14-8-3-2-4-9-14/h2-4,8-9,12-13H,5-7,10-11H2,1H3,(H,17,22). The Balaban J connectivity index is 1.65. The largest absolute Gasteiger partial charge is 0.331 e. The van der Waals surface area contributed by atoms with Gasteiger partial charge >= 0.3 is 6.03 Å². The molecule has 116 valence electrons. The Hall–Kier alpha value is -2.37. The first-order valence-corrected chi connectivity index (χ1v) is 7.74. The maximum atomic E-state index is 12.3. The van der Waals surface area contributed by atoms with E-state index >= 15 is 0 Å². The zero-order chi connectivity index (χ0) is 15.4. The van der Waals surface area contributed by atoms with Crippen LogP contribution in [0.2, 0.25) is 0 Å². The Kier molecular flexibility index (Phi) is 4.37. The van der Waals surface area contributed by atoms with E-state index in [2.05, 4.69) is 22.4 Å². The highest BCUT2D eigenvalue weighted by Crippen LogP contribution is 2.16. The zero-order valence-electron chi connectivity index (χ0n) is 12.8. The van der Waals surface area contributed by atoms with Crippen molar-refractivity contribution in [3.05, 3.63) is 42.5 Å². The Labute approximate surface area is 130 Å². The van der Waals surface area contributed by atoms with E-state index in [0.717, 1.165) is 30.9 Å². The lowest BCUT2D eigenvalue weighted by Crippen LogP contribution is -2.47. The van der Waals surface area contributed by atoms with E-state index in [-0.39, 0.29) is 6.03 Å². The third kappa shape index (κ3) is 3.10. The molecule has 0 aliphatic carbocycles. The van der Waals surface area contributed by atoms with E-state index in [1.807, 2.05) is 39.8 Å². The molecule has 1 unspecified atom stereocenters. The van der Waals surface area contributed by atoms with Crippen molar-refractivity contribution >= 4 is 6.03 Å². The lowest BCUT2D eigenvalue weighted by molar-refractivity contribution is 0.157. The maximum Gasteiger partial charge on any atom is 0.318 e. The van der Waals surface area contributed by atoms with Crippen molar-refractivity contribution in [3.8, 4) is 5.69 Å². The van der Waals surface area contributed by atoms with Crippen LogP contribution in [0.4, 0.5) is 4.79 Å². The molecule has 0 saturated carbocycles. The minimum absolute atomic E-state index is 0.0187. The molecular formula is C16H21N5O. The van der Waals surface area contributed by atoms with Gasteiger partial charge in [-0.05, 0) is 38.3 Å². The summed E-state index contributed by atoms with van der Waals surface area (Å²) < 4.78 is 1.89. The molecule has 6 heteroatoms. The zero-order valence-corrected chi connectivity index (χ0v) is 12.8. The molecule has 0 bridgehead atoms. The number of carbonyl (C=O) groups excluding carboxylic acids is 1. The highest BCUT2D eigenvalue weighted by molar-refractivity contribution is 5.74. The molecule has 2 amide bonds. The van der Waals surface area contributed by atoms with Gasteiger partial charge in [0.25, 0.3) is 0 Å². The number of hydrogen-bond donors (Lipinski definition) is 1. The van der Waals surface area contributed by atoms with Crippen LogP contribution in [0.3, 0.4) is 0 Å². The van der Waals surface area contributed by atoms with Crippen LogP contribution in [-0.4, -0.2) is 38.3 Å². The fourth-order valence-corrected chi connectivity index (χ4v) is 2.84. The summed E-state index contributed by atoms with van der Waals surface area (Å²) >= 11 is 0. The third-order valence-corrected chi connectivity index (χ3v) is 4.11. The quantitative estimate of drug-likeness (QED) is 0.946. The molecule has 1 fully saturated rings. The number of benzene rings is 1. The first-order valence-electron chi connectivity index (χ1n) is 7.74. The first kappa shape index (κ1) is 14.6. The van der Waals surface area contributed by atoms with Crippen LogP contribution >= 0.6 is 0 Å². The van der Waals surface area contributed by atoms with E-state index < -0.39 is 0 Å². The van der Waals surface area contributed by atoms with E-state index in [4.69, 9.17) is 0 Å². The summed E-state index contributed by atoms with van der Waals surface area (Å²) in [7, 11) is 0. The highest BCUT2D eigenvalue weighted by Gasteiger charge is 2.23. The summed E-state index contributed by atoms with van der Waals surface area (Å²) in [5.41, 5.74) is 0.989. The smallest absolute Gasteiger partial charge is 0.318 e. The van der Waals surface area contributed by atoms with E-state index in [1.54, 1.807) is 6.33 Å². The molecule has 1 aromatic heterocycles. The van der Waals surface area contributed by atoms with Gasteiger partial charge in [0, 0.05) is 18.3 Å². The monoisotopic (exact) mass is 299 g/mol. The number of amides is 2. The van der Waals surface area contributed by atoms with Gasteiger partial charge in [-0.1, -0.05) is 18.2 Å². The third-order valence-electron chi connectivity index (χ3n) is 4.11. The number of piperidine rings is 1. The van der Waals surface area contributed by atoms with E-state index in [0.29, 0.717) is 12.6 Å². The summed E-state index contributed by atoms with van der Waals surface area (Å²) in [6.07, 6.45) is 5.03. The molecule has 3 rings (SSSR count). The number of carbonyl (C=O) groups is 1. The van der Waals surface area contributed by atoms with Crippen molar-refractivity contribution < 1.29 is 4.79 Å². The van der Waals surface area contributed by atoms with Gasteiger partial charge in [-0.25, -0.2) is 4.79 Å². The Morgan fingerprint density at radius 2 is 2.14 bits per heavy atom. The van der Waals surface area contributed by atoms with Crippen LogP contribution in [0.5, 0.6) is 0 Å². The molecule has 1 atom stereocenters. The number of para-hydroxylation sites is 1. The molecule has 1 N–H and O–H groups in total. The fourth-order valence-electron chi connectivity index (χ4n) is 2.84. The van der Waals surface area contributed by atoms with Crippen molar-refractivity contribution in [2.45, 2.75) is 38.8 Å². The predicted octanol–water partition coefficient (Wildman–Crippen LogP) is 2.35. The number of rotatable bonds is 3. The average Bonchev–Trinajstić information content (AvgIpc) is 3.02.